The zero-order chi connectivity index (χ0) is 13.0. The van der Waals surface area contributed by atoms with Crippen molar-refractivity contribution in [2.45, 2.75) is 12.8 Å². The van der Waals surface area contributed by atoms with Gasteiger partial charge in [0.05, 0.1) is 5.69 Å². The summed E-state index contributed by atoms with van der Waals surface area (Å²) in [6, 6.07) is 12.9. The average Bonchev–Trinajstić information content (AvgIpc) is 2.99. The van der Waals surface area contributed by atoms with Crippen molar-refractivity contribution in [1.82, 2.24) is 4.57 Å². The Bertz CT molecular complexity index is 846. The van der Waals surface area contributed by atoms with Crippen LogP contribution >= 0.6 is 11.3 Å². The van der Waals surface area contributed by atoms with E-state index in [1.807, 2.05) is 0 Å². The van der Waals surface area contributed by atoms with Crippen LogP contribution in [0.5, 0.6) is 0 Å². The second-order valence-corrected chi connectivity index (χ2v) is 6.10. The SMILES string of the molecule is Cn1c2c(c3ccccc31)CCc1sc(C#N)cc1-2. The molecule has 4 rings (SSSR count). The quantitative estimate of drug-likeness (QED) is 0.606. The van der Waals surface area contributed by atoms with Crippen LogP contribution < -0.4 is 0 Å². The summed E-state index contributed by atoms with van der Waals surface area (Å²) in [7, 11) is 2.12. The van der Waals surface area contributed by atoms with Gasteiger partial charge in [-0.2, -0.15) is 5.26 Å². The molecule has 0 amide bonds. The minimum atomic E-state index is 0.822. The van der Waals surface area contributed by atoms with Gasteiger partial charge in [-0.1, -0.05) is 18.2 Å². The Hall–Kier alpha value is -2.05. The van der Waals surface area contributed by atoms with E-state index in [0.29, 0.717) is 0 Å². The number of rotatable bonds is 0. The maximum atomic E-state index is 9.10. The summed E-state index contributed by atoms with van der Waals surface area (Å²) in [5, 5.41) is 10.5. The lowest BCUT2D eigenvalue weighted by molar-refractivity contribution is 0.915. The van der Waals surface area contributed by atoms with E-state index in [4.69, 9.17) is 5.26 Å². The van der Waals surface area contributed by atoms with E-state index >= 15 is 0 Å². The predicted molar refractivity (Wildman–Crippen MR) is 78.4 cm³/mol. The van der Waals surface area contributed by atoms with Crippen molar-refractivity contribution in [3.8, 4) is 17.3 Å². The van der Waals surface area contributed by atoms with E-state index in [-0.39, 0.29) is 0 Å². The molecule has 19 heavy (non-hydrogen) atoms. The monoisotopic (exact) mass is 264 g/mol. The molecule has 92 valence electrons. The van der Waals surface area contributed by atoms with Crippen molar-refractivity contribution in [2.24, 2.45) is 7.05 Å². The Morgan fingerprint density at radius 3 is 2.95 bits per heavy atom. The molecule has 0 bridgehead atoms. The van der Waals surface area contributed by atoms with E-state index in [1.54, 1.807) is 11.3 Å². The molecule has 0 aliphatic heterocycles. The summed E-state index contributed by atoms with van der Waals surface area (Å²) in [5.41, 5.74) is 5.29. The van der Waals surface area contributed by atoms with Crippen LogP contribution in [0, 0.1) is 11.3 Å². The minimum Gasteiger partial charge on any atom is -0.343 e. The van der Waals surface area contributed by atoms with Gasteiger partial charge in [-0.3, -0.25) is 0 Å². The van der Waals surface area contributed by atoms with Crippen LogP contribution in [0.4, 0.5) is 0 Å². The van der Waals surface area contributed by atoms with Crippen LogP contribution in [0.25, 0.3) is 22.2 Å². The van der Waals surface area contributed by atoms with Crippen molar-refractivity contribution < 1.29 is 0 Å². The van der Waals surface area contributed by atoms with E-state index in [9.17, 15) is 0 Å². The predicted octanol–water partition coefficient (Wildman–Crippen LogP) is 3.88. The van der Waals surface area contributed by atoms with Crippen LogP contribution in [0.15, 0.2) is 30.3 Å². The number of nitriles is 1. The first-order chi connectivity index (χ1) is 9.29. The van der Waals surface area contributed by atoms with E-state index in [1.165, 1.54) is 32.6 Å². The van der Waals surface area contributed by atoms with E-state index in [0.717, 1.165) is 17.7 Å². The molecule has 1 aliphatic carbocycles. The molecule has 2 heterocycles. The average molecular weight is 264 g/mol. The molecule has 0 saturated carbocycles. The molecule has 3 aromatic rings. The molecule has 1 aromatic carbocycles. The van der Waals surface area contributed by atoms with Gasteiger partial charge in [0.2, 0.25) is 0 Å². The highest BCUT2D eigenvalue weighted by atomic mass is 32.1. The van der Waals surface area contributed by atoms with Crippen molar-refractivity contribution in [1.29, 1.82) is 5.26 Å². The third-order valence-electron chi connectivity index (χ3n) is 3.99. The molecule has 0 atom stereocenters. The number of benzene rings is 1. The molecule has 2 aromatic heterocycles. The molecule has 0 radical (unpaired) electrons. The largest absolute Gasteiger partial charge is 0.343 e. The lowest BCUT2D eigenvalue weighted by Crippen LogP contribution is -2.02. The highest BCUT2D eigenvalue weighted by Gasteiger charge is 2.24. The lowest BCUT2D eigenvalue weighted by Gasteiger charge is -2.14. The second kappa shape index (κ2) is 3.72. The Morgan fingerprint density at radius 1 is 1.26 bits per heavy atom. The summed E-state index contributed by atoms with van der Waals surface area (Å²) in [6.45, 7) is 0. The van der Waals surface area contributed by atoms with E-state index < -0.39 is 0 Å². The normalized spacial score (nSPS) is 13.1. The molecular formula is C16H12N2S. The Labute approximate surface area is 115 Å². The summed E-state index contributed by atoms with van der Waals surface area (Å²) in [6.07, 6.45) is 2.14. The number of thiophene rings is 1. The lowest BCUT2D eigenvalue weighted by atomic mass is 9.94. The van der Waals surface area contributed by atoms with Gasteiger partial charge < -0.3 is 4.57 Å². The zero-order valence-corrected chi connectivity index (χ0v) is 11.4. The molecule has 0 N–H and O–H groups in total. The van der Waals surface area contributed by atoms with Gasteiger partial charge in [0.25, 0.3) is 0 Å². The van der Waals surface area contributed by atoms with Gasteiger partial charge in [0, 0.05) is 28.4 Å². The topological polar surface area (TPSA) is 28.7 Å². The standard InChI is InChI=1S/C16H12N2S/c1-18-14-5-3-2-4-11(14)12-6-7-15-13(16(12)18)8-10(9-17)19-15/h2-5,8H,6-7H2,1H3. The van der Waals surface area contributed by atoms with Crippen LogP contribution in [0.2, 0.25) is 0 Å². The number of fused-ring (bicyclic) bond motifs is 5. The summed E-state index contributed by atoms with van der Waals surface area (Å²) in [5.74, 6) is 0. The van der Waals surface area contributed by atoms with Gasteiger partial charge in [-0.05, 0) is 30.5 Å². The smallest absolute Gasteiger partial charge is 0.110 e. The molecule has 1 aliphatic rings. The molecule has 0 spiro atoms. The Kier molecular flexibility index (Phi) is 2.12. The van der Waals surface area contributed by atoms with Gasteiger partial charge in [-0.15, -0.1) is 11.3 Å². The van der Waals surface area contributed by atoms with Crippen molar-refractivity contribution in [2.75, 3.05) is 0 Å². The van der Waals surface area contributed by atoms with Crippen molar-refractivity contribution >= 4 is 22.2 Å². The number of aryl methyl sites for hydroxylation is 3. The van der Waals surface area contributed by atoms with Gasteiger partial charge in [-0.25, -0.2) is 0 Å². The van der Waals surface area contributed by atoms with Gasteiger partial charge in [0.15, 0.2) is 0 Å². The van der Waals surface area contributed by atoms with Crippen LogP contribution in [-0.4, -0.2) is 4.57 Å². The third kappa shape index (κ3) is 1.35. The highest BCUT2D eigenvalue weighted by Crippen LogP contribution is 2.42. The van der Waals surface area contributed by atoms with Crippen LogP contribution in [-0.2, 0) is 19.9 Å². The maximum Gasteiger partial charge on any atom is 0.110 e. The number of aromatic nitrogens is 1. The summed E-state index contributed by atoms with van der Waals surface area (Å²) < 4.78 is 2.27. The maximum absolute atomic E-state index is 9.10. The fraction of sp³-hybridized carbons (Fsp3) is 0.188. The van der Waals surface area contributed by atoms with Crippen molar-refractivity contribution in [3.63, 3.8) is 0 Å². The number of hydrogen-bond donors (Lipinski definition) is 0. The van der Waals surface area contributed by atoms with Gasteiger partial charge in [0.1, 0.15) is 10.9 Å². The zero-order valence-electron chi connectivity index (χ0n) is 10.6. The van der Waals surface area contributed by atoms with E-state index in [2.05, 4.69) is 48.0 Å². The first-order valence-electron chi connectivity index (χ1n) is 6.39. The van der Waals surface area contributed by atoms with Crippen LogP contribution in [0.1, 0.15) is 15.3 Å². The van der Waals surface area contributed by atoms with Crippen LogP contribution in [0.3, 0.4) is 0 Å². The Morgan fingerprint density at radius 2 is 2.11 bits per heavy atom. The van der Waals surface area contributed by atoms with Crippen molar-refractivity contribution in [3.05, 3.63) is 45.6 Å². The molecule has 0 unspecified atom stereocenters. The third-order valence-corrected chi connectivity index (χ3v) is 5.09. The molecule has 0 fully saturated rings. The minimum absolute atomic E-state index is 0.822. The highest BCUT2D eigenvalue weighted by molar-refractivity contribution is 7.13. The fourth-order valence-corrected chi connectivity index (χ4v) is 4.13. The second-order valence-electron chi connectivity index (χ2n) is 4.96. The molecule has 3 heteroatoms. The van der Waals surface area contributed by atoms with Gasteiger partial charge >= 0.3 is 0 Å². The number of para-hydroxylation sites is 1. The summed E-state index contributed by atoms with van der Waals surface area (Å²) in [4.78, 5) is 2.18. The molecular weight excluding hydrogens is 252 g/mol. The first kappa shape index (κ1) is 10.8. The fourth-order valence-electron chi connectivity index (χ4n) is 3.18. The Balaban J connectivity index is 2.12. The molecule has 2 nitrogen and oxygen atoms in total. The number of nitrogens with zero attached hydrogens (tertiary/aromatic N) is 2. The summed E-state index contributed by atoms with van der Waals surface area (Å²) >= 11 is 1.64. The molecule has 0 saturated heterocycles. The first-order valence-corrected chi connectivity index (χ1v) is 7.20. The number of hydrogen-bond acceptors (Lipinski definition) is 2.